The molecule has 0 spiro atoms. The lowest BCUT2D eigenvalue weighted by Crippen LogP contribution is -2.53. The normalized spacial score (nSPS) is 25.3. The number of carbonyl (C=O) groups is 1. The van der Waals surface area contributed by atoms with Crippen molar-refractivity contribution in [1.82, 2.24) is 15.1 Å². The Hall–Kier alpha value is -1.16. The number of amides is 1. The number of carbonyl (C=O) groups excluding carboxylic acids is 1. The molecule has 5 heteroatoms. The van der Waals surface area contributed by atoms with Crippen LogP contribution < -0.4 is 0 Å². The zero-order chi connectivity index (χ0) is 14.5. The average molecular weight is 294 g/mol. The molecular weight excluding hydrogens is 274 g/mol. The van der Waals surface area contributed by atoms with Gasteiger partial charge in [0, 0.05) is 23.4 Å². The molecule has 1 aromatic heterocycles. The van der Waals surface area contributed by atoms with Gasteiger partial charge in [-0.2, -0.15) is 5.10 Å². The number of rotatable bonds is 0. The van der Waals surface area contributed by atoms with Gasteiger partial charge in [0.1, 0.15) is 0 Å². The summed E-state index contributed by atoms with van der Waals surface area (Å²) in [5, 5.41) is 8.60. The molecule has 20 heavy (non-hydrogen) atoms. The Morgan fingerprint density at radius 1 is 1.35 bits per heavy atom. The molecule has 1 aromatic rings. The Morgan fingerprint density at radius 3 is 2.80 bits per heavy atom. The summed E-state index contributed by atoms with van der Waals surface area (Å²) in [5.41, 5.74) is 1.76. The van der Waals surface area contributed by atoms with E-state index in [1.54, 1.807) is 0 Å². The molecule has 108 valence electrons. The zero-order valence-electron chi connectivity index (χ0n) is 12.2. The summed E-state index contributed by atoms with van der Waals surface area (Å²) in [6, 6.07) is 2.28. The number of hydrogen-bond donors (Lipinski definition) is 0. The monoisotopic (exact) mass is 293 g/mol. The summed E-state index contributed by atoms with van der Waals surface area (Å²) in [4.78, 5) is 14.9. The number of halogens is 1. The molecule has 1 saturated heterocycles. The maximum absolute atomic E-state index is 12.8. The molecular formula is C15H20ClN3O. The molecule has 0 saturated carbocycles. The van der Waals surface area contributed by atoms with Gasteiger partial charge in [0.2, 0.25) is 5.91 Å². The summed E-state index contributed by atoms with van der Waals surface area (Å²) in [7, 11) is 0. The smallest absolute Gasteiger partial charge is 0.228 e. The molecule has 0 N–H and O–H groups in total. The van der Waals surface area contributed by atoms with Crippen molar-refractivity contribution >= 4 is 17.5 Å². The van der Waals surface area contributed by atoms with Crippen LogP contribution in [0.1, 0.15) is 57.3 Å². The van der Waals surface area contributed by atoms with Crippen LogP contribution in [0.25, 0.3) is 0 Å². The van der Waals surface area contributed by atoms with Crippen molar-refractivity contribution in [3.63, 3.8) is 0 Å². The van der Waals surface area contributed by atoms with Crippen molar-refractivity contribution < 1.29 is 4.79 Å². The van der Waals surface area contributed by atoms with E-state index in [4.69, 9.17) is 11.6 Å². The van der Waals surface area contributed by atoms with Gasteiger partial charge in [0.25, 0.3) is 0 Å². The zero-order valence-corrected chi connectivity index (χ0v) is 12.9. The van der Waals surface area contributed by atoms with Gasteiger partial charge in [0.15, 0.2) is 5.15 Å². The molecule has 4 nitrogen and oxygen atoms in total. The van der Waals surface area contributed by atoms with E-state index in [9.17, 15) is 4.79 Å². The van der Waals surface area contributed by atoms with E-state index in [1.165, 1.54) is 0 Å². The highest BCUT2D eigenvalue weighted by Crippen LogP contribution is 2.43. The van der Waals surface area contributed by atoms with Crippen LogP contribution in [0.2, 0.25) is 5.15 Å². The highest BCUT2D eigenvalue weighted by Gasteiger charge is 2.43. The van der Waals surface area contributed by atoms with Crippen LogP contribution >= 0.6 is 11.6 Å². The Kier molecular flexibility index (Phi) is 3.24. The predicted octanol–water partition coefficient (Wildman–Crippen LogP) is 3.15. The number of hydrogen-bond acceptors (Lipinski definition) is 3. The van der Waals surface area contributed by atoms with E-state index in [0.29, 0.717) is 5.15 Å². The number of nitrogens with zero attached hydrogens (tertiary/aromatic N) is 3. The van der Waals surface area contributed by atoms with Crippen molar-refractivity contribution in [2.24, 2.45) is 5.41 Å². The van der Waals surface area contributed by atoms with Gasteiger partial charge in [-0.1, -0.05) is 32.4 Å². The summed E-state index contributed by atoms with van der Waals surface area (Å²) in [6.07, 6.45) is 4.01. The van der Waals surface area contributed by atoms with Gasteiger partial charge in [-0.05, 0) is 25.3 Å². The van der Waals surface area contributed by atoms with Crippen LogP contribution in [0.15, 0.2) is 6.07 Å². The highest BCUT2D eigenvalue weighted by atomic mass is 35.5. The molecule has 2 bridgehead atoms. The lowest BCUT2D eigenvalue weighted by atomic mass is 9.80. The number of aromatic nitrogens is 2. The van der Waals surface area contributed by atoms with Crippen LogP contribution in [0.4, 0.5) is 0 Å². The van der Waals surface area contributed by atoms with Crippen molar-refractivity contribution in [2.75, 3.05) is 0 Å². The standard InChI is InChI=1S/C15H20ClN3O/c1-15(2,3)14(20)19-9-5-4-6-12(19)10-8-13(16)18-17-11(10)7-9/h8-9,12H,4-7H2,1-3H3. The molecule has 0 aliphatic carbocycles. The third-order valence-electron chi connectivity index (χ3n) is 4.28. The first-order valence-electron chi connectivity index (χ1n) is 7.22. The first-order valence-corrected chi connectivity index (χ1v) is 7.60. The molecule has 3 heterocycles. The molecule has 0 aromatic carbocycles. The lowest BCUT2D eigenvalue weighted by Gasteiger charge is -2.48. The van der Waals surface area contributed by atoms with Gasteiger partial charge in [-0.15, -0.1) is 5.10 Å². The van der Waals surface area contributed by atoms with Crippen molar-refractivity contribution in [2.45, 2.75) is 58.5 Å². The number of piperidine rings is 1. The summed E-state index contributed by atoms with van der Waals surface area (Å²) in [6.45, 7) is 5.95. The van der Waals surface area contributed by atoms with E-state index < -0.39 is 0 Å². The topological polar surface area (TPSA) is 46.1 Å². The van der Waals surface area contributed by atoms with Gasteiger partial charge >= 0.3 is 0 Å². The SMILES string of the molecule is CC(C)(C)C(=O)N1C2CCCC1c1cc(Cl)nnc1C2. The van der Waals surface area contributed by atoms with Crippen molar-refractivity contribution in [1.29, 1.82) is 0 Å². The van der Waals surface area contributed by atoms with Gasteiger partial charge in [-0.3, -0.25) is 4.79 Å². The average Bonchev–Trinajstić information content (AvgIpc) is 2.37. The quantitative estimate of drug-likeness (QED) is 0.738. The fourth-order valence-corrected chi connectivity index (χ4v) is 3.51. The maximum Gasteiger partial charge on any atom is 0.228 e. The molecule has 0 radical (unpaired) electrons. The minimum absolute atomic E-state index is 0.122. The van der Waals surface area contributed by atoms with Crippen LogP contribution in [0.3, 0.4) is 0 Å². The Labute approximate surface area is 124 Å². The molecule has 3 rings (SSSR count). The molecule has 2 aliphatic heterocycles. The van der Waals surface area contributed by atoms with Crippen LogP contribution in [0, 0.1) is 5.41 Å². The molecule has 1 amide bonds. The first kappa shape index (κ1) is 13.8. The summed E-state index contributed by atoms with van der Waals surface area (Å²) in [5.74, 6) is 0.228. The van der Waals surface area contributed by atoms with Crippen LogP contribution in [0.5, 0.6) is 0 Å². The highest BCUT2D eigenvalue weighted by molar-refractivity contribution is 6.29. The van der Waals surface area contributed by atoms with E-state index >= 15 is 0 Å². The first-order chi connectivity index (χ1) is 9.38. The largest absolute Gasteiger partial charge is 0.332 e. The Bertz CT molecular complexity index is 553. The van der Waals surface area contributed by atoms with E-state index in [1.807, 2.05) is 26.8 Å². The fourth-order valence-electron chi connectivity index (χ4n) is 3.36. The second-order valence-electron chi connectivity index (χ2n) is 6.84. The third kappa shape index (κ3) is 2.20. The van der Waals surface area contributed by atoms with E-state index in [-0.39, 0.29) is 23.4 Å². The predicted molar refractivity (Wildman–Crippen MR) is 77.4 cm³/mol. The molecule has 1 fully saturated rings. The van der Waals surface area contributed by atoms with Crippen LogP contribution in [-0.4, -0.2) is 27.0 Å². The van der Waals surface area contributed by atoms with E-state index in [2.05, 4.69) is 15.1 Å². The number of fused-ring (bicyclic) bond motifs is 4. The second kappa shape index (κ2) is 4.69. The molecule has 2 aliphatic rings. The minimum atomic E-state index is -0.352. The molecule has 2 atom stereocenters. The van der Waals surface area contributed by atoms with E-state index in [0.717, 1.165) is 36.9 Å². The van der Waals surface area contributed by atoms with Crippen LogP contribution in [-0.2, 0) is 11.2 Å². The van der Waals surface area contributed by atoms with Gasteiger partial charge < -0.3 is 4.90 Å². The lowest BCUT2D eigenvalue weighted by molar-refractivity contribution is -0.148. The Balaban J connectivity index is 2.04. The van der Waals surface area contributed by atoms with Gasteiger partial charge in [0.05, 0.1) is 11.7 Å². The molecule has 2 unspecified atom stereocenters. The fraction of sp³-hybridized carbons (Fsp3) is 0.667. The van der Waals surface area contributed by atoms with Crippen molar-refractivity contribution in [3.05, 3.63) is 22.5 Å². The third-order valence-corrected chi connectivity index (χ3v) is 4.47. The second-order valence-corrected chi connectivity index (χ2v) is 7.22. The maximum atomic E-state index is 12.8. The van der Waals surface area contributed by atoms with Gasteiger partial charge in [-0.25, -0.2) is 0 Å². The van der Waals surface area contributed by atoms with Crippen molar-refractivity contribution in [3.8, 4) is 0 Å². The minimum Gasteiger partial charge on any atom is -0.332 e. The summed E-state index contributed by atoms with van der Waals surface area (Å²) >= 11 is 5.99. The summed E-state index contributed by atoms with van der Waals surface area (Å²) < 4.78 is 0. The Morgan fingerprint density at radius 2 is 2.10 bits per heavy atom.